The van der Waals surface area contributed by atoms with Gasteiger partial charge in [0.15, 0.2) is 0 Å². The number of hydrogen-bond donors (Lipinski definition) is 1. The van der Waals surface area contributed by atoms with Crippen LogP contribution in [-0.2, 0) is 26.2 Å². The maximum Gasteiger partial charge on any atom is 0.264 e. The minimum atomic E-state index is -4.21. The SMILES string of the molecule is CNC(=O)[C@H](C)N(Cc1ccccc1Cl)C(=O)CN(c1cccc(Cl)c1)S(=O)(=O)c1ccc(Cl)cc1. The number of carbonyl (C=O) groups is 2. The van der Waals surface area contributed by atoms with E-state index in [1.54, 1.807) is 43.3 Å². The van der Waals surface area contributed by atoms with Gasteiger partial charge in [-0.05, 0) is 61.0 Å². The first-order valence-corrected chi connectivity index (χ1v) is 13.4. The molecule has 3 aromatic carbocycles. The van der Waals surface area contributed by atoms with Crippen LogP contribution < -0.4 is 9.62 Å². The van der Waals surface area contributed by atoms with Gasteiger partial charge in [-0.3, -0.25) is 13.9 Å². The Morgan fingerprint density at radius 3 is 2.19 bits per heavy atom. The average molecular weight is 569 g/mol. The van der Waals surface area contributed by atoms with E-state index in [1.807, 2.05) is 0 Å². The molecule has 0 aliphatic carbocycles. The van der Waals surface area contributed by atoms with Gasteiger partial charge in [-0.25, -0.2) is 8.42 Å². The Kier molecular flexibility index (Phi) is 9.24. The van der Waals surface area contributed by atoms with E-state index in [0.717, 1.165) is 4.31 Å². The number of halogens is 3. The van der Waals surface area contributed by atoms with Crippen LogP contribution in [0.25, 0.3) is 0 Å². The van der Waals surface area contributed by atoms with Crippen LogP contribution >= 0.6 is 34.8 Å². The fraction of sp³-hybridized carbons (Fsp3) is 0.200. The largest absolute Gasteiger partial charge is 0.357 e. The molecule has 0 aliphatic heterocycles. The third-order valence-electron chi connectivity index (χ3n) is 5.49. The smallest absolute Gasteiger partial charge is 0.264 e. The number of likely N-dealkylation sites (N-methyl/N-ethyl adjacent to an activating group) is 1. The molecule has 0 aliphatic rings. The molecule has 0 spiro atoms. The summed E-state index contributed by atoms with van der Waals surface area (Å²) in [5.74, 6) is -1.02. The predicted molar refractivity (Wildman–Crippen MR) is 143 cm³/mol. The van der Waals surface area contributed by atoms with E-state index in [2.05, 4.69) is 5.32 Å². The van der Waals surface area contributed by atoms with Crippen LogP contribution in [0.2, 0.25) is 15.1 Å². The number of benzene rings is 3. The first-order chi connectivity index (χ1) is 17.0. The molecule has 190 valence electrons. The summed E-state index contributed by atoms with van der Waals surface area (Å²) in [6.07, 6.45) is 0. The number of carbonyl (C=O) groups excluding carboxylic acids is 2. The second-order valence-electron chi connectivity index (χ2n) is 7.85. The average Bonchev–Trinajstić information content (AvgIpc) is 2.85. The maximum absolute atomic E-state index is 13.7. The molecule has 0 fully saturated rings. The van der Waals surface area contributed by atoms with E-state index in [-0.39, 0.29) is 17.1 Å². The topological polar surface area (TPSA) is 86.8 Å². The molecule has 11 heteroatoms. The number of sulfonamides is 1. The highest BCUT2D eigenvalue weighted by atomic mass is 35.5. The highest BCUT2D eigenvalue weighted by molar-refractivity contribution is 7.92. The van der Waals surface area contributed by atoms with Crippen molar-refractivity contribution in [1.82, 2.24) is 10.2 Å². The summed E-state index contributed by atoms with van der Waals surface area (Å²) in [5, 5.41) is 3.60. The number of nitrogens with zero attached hydrogens (tertiary/aromatic N) is 2. The molecule has 2 amide bonds. The Balaban J connectivity index is 2.05. The van der Waals surface area contributed by atoms with Crippen LogP contribution in [0.3, 0.4) is 0 Å². The van der Waals surface area contributed by atoms with Gasteiger partial charge in [0, 0.05) is 28.7 Å². The maximum atomic E-state index is 13.7. The monoisotopic (exact) mass is 567 g/mol. The van der Waals surface area contributed by atoms with Crippen molar-refractivity contribution in [2.24, 2.45) is 0 Å². The van der Waals surface area contributed by atoms with Crippen LogP contribution in [-0.4, -0.2) is 44.8 Å². The molecule has 1 atom stereocenters. The Labute approximate surface area is 225 Å². The number of anilines is 1. The third kappa shape index (κ3) is 6.50. The van der Waals surface area contributed by atoms with Gasteiger partial charge in [-0.1, -0.05) is 59.1 Å². The molecule has 36 heavy (non-hydrogen) atoms. The third-order valence-corrected chi connectivity index (χ3v) is 8.13. The van der Waals surface area contributed by atoms with Crippen molar-refractivity contribution in [3.05, 3.63) is 93.4 Å². The molecule has 0 saturated carbocycles. The fourth-order valence-electron chi connectivity index (χ4n) is 3.50. The fourth-order valence-corrected chi connectivity index (χ4v) is 5.41. The van der Waals surface area contributed by atoms with Crippen LogP contribution in [0, 0.1) is 0 Å². The minimum Gasteiger partial charge on any atom is -0.357 e. The summed E-state index contributed by atoms with van der Waals surface area (Å²) >= 11 is 18.4. The van der Waals surface area contributed by atoms with Crippen LogP contribution in [0.1, 0.15) is 12.5 Å². The van der Waals surface area contributed by atoms with Gasteiger partial charge in [0.2, 0.25) is 11.8 Å². The highest BCUT2D eigenvalue weighted by Crippen LogP contribution is 2.28. The minimum absolute atomic E-state index is 0.00251. The standard InChI is InChI=1S/C25H24Cl3N3O4S/c1-17(25(33)29-2)30(15-18-6-3-4-9-23(18)28)24(32)16-31(21-8-5-7-20(27)14-21)36(34,35)22-12-10-19(26)11-13-22/h3-14,17H,15-16H2,1-2H3,(H,29,33)/t17-/m0/s1. The van der Waals surface area contributed by atoms with Gasteiger partial charge < -0.3 is 10.2 Å². The number of amides is 2. The molecular formula is C25H24Cl3N3O4S. The van der Waals surface area contributed by atoms with Gasteiger partial charge in [-0.15, -0.1) is 0 Å². The molecule has 3 rings (SSSR count). The van der Waals surface area contributed by atoms with Crippen molar-refractivity contribution in [3.63, 3.8) is 0 Å². The predicted octanol–water partition coefficient (Wildman–Crippen LogP) is 5.01. The van der Waals surface area contributed by atoms with Crippen LogP contribution in [0.5, 0.6) is 0 Å². The summed E-state index contributed by atoms with van der Waals surface area (Å²) in [4.78, 5) is 27.4. The molecule has 0 bridgehead atoms. The van der Waals surface area contributed by atoms with Crippen molar-refractivity contribution in [2.75, 3.05) is 17.9 Å². The quantitative estimate of drug-likeness (QED) is 0.393. The summed E-state index contributed by atoms with van der Waals surface area (Å²) in [6, 6.07) is 17.8. The van der Waals surface area contributed by atoms with E-state index in [1.165, 1.54) is 48.3 Å². The number of hydrogen-bond acceptors (Lipinski definition) is 4. The van der Waals surface area contributed by atoms with E-state index in [0.29, 0.717) is 20.6 Å². The zero-order valence-corrected chi connectivity index (χ0v) is 22.6. The molecular weight excluding hydrogens is 545 g/mol. The zero-order chi connectivity index (χ0) is 26.5. The van der Waals surface area contributed by atoms with Crippen molar-refractivity contribution in [2.45, 2.75) is 24.4 Å². The first kappa shape index (κ1) is 27.8. The summed E-state index contributed by atoms with van der Waals surface area (Å²) < 4.78 is 28.3. The van der Waals surface area contributed by atoms with Crippen molar-refractivity contribution in [3.8, 4) is 0 Å². The second kappa shape index (κ2) is 12.0. The molecule has 0 saturated heterocycles. The van der Waals surface area contributed by atoms with Gasteiger partial charge in [0.1, 0.15) is 12.6 Å². The molecule has 0 heterocycles. The van der Waals surface area contributed by atoms with Crippen molar-refractivity contribution in [1.29, 1.82) is 0 Å². The Morgan fingerprint density at radius 1 is 0.917 bits per heavy atom. The summed E-state index contributed by atoms with van der Waals surface area (Å²) in [5.41, 5.74) is 0.800. The Bertz CT molecular complexity index is 1350. The van der Waals surface area contributed by atoms with Crippen molar-refractivity contribution >= 4 is 62.3 Å². The lowest BCUT2D eigenvalue weighted by Gasteiger charge is -2.32. The van der Waals surface area contributed by atoms with E-state index >= 15 is 0 Å². The van der Waals surface area contributed by atoms with Gasteiger partial charge in [0.05, 0.1) is 10.6 Å². The molecule has 0 radical (unpaired) electrons. The van der Waals surface area contributed by atoms with E-state index in [4.69, 9.17) is 34.8 Å². The lowest BCUT2D eigenvalue weighted by molar-refractivity contribution is -0.139. The molecule has 7 nitrogen and oxygen atoms in total. The summed E-state index contributed by atoms with van der Waals surface area (Å²) in [7, 11) is -2.75. The normalized spacial score (nSPS) is 12.0. The molecule has 3 aromatic rings. The van der Waals surface area contributed by atoms with Crippen LogP contribution in [0.15, 0.2) is 77.7 Å². The van der Waals surface area contributed by atoms with Gasteiger partial charge in [-0.2, -0.15) is 0 Å². The molecule has 0 aromatic heterocycles. The Morgan fingerprint density at radius 2 is 1.58 bits per heavy atom. The highest BCUT2D eigenvalue weighted by Gasteiger charge is 2.32. The number of nitrogens with one attached hydrogen (secondary N) is 1. The van der Waals surface area contributed by atoms with Crippen LogP contribution in [0.4, 0.5) is 5.69 Å². The Hall–Kier alpha value is -2.78. The summed E-state index contributed by atoms with van der Waals surface area (Å²) in [6.45, 7) is 0.972. The molecule has 0 unspecified atom stereocenters. The second-order valence-corrected chi connectivity index (χ2v) is 11.0. The van der Waals surface area contributed by atoms with Crippen molar-refractivity contribution < 1.29 is 18.0 Å². The van der Waals surface area contributed by atoms with E-state index < -0.39 is 34.4 Å². The van der Waals surface area contributed by atoms with Gasteiger partial charge >= 0.3 is 0 Å². The van der Waals surface area contributed by atoms with Gasteiger partial charge in [0.25, 0.3) is 10.0 Å². The lowest BCUT2D eigenvalue weighted by Crippen LogP contribution is -2.50. The first-order valence-electron chi connectivity index (χ1n) is 10.8. The van der Waals surface area contributed by atoms with E-state index in [9.17, 15) is 18.0 Å². The zero-order valence-electron chi connectivity index (χ0n) is 19.5. The number of rotatable bonds is 9. The lowest BCUT2D eigenvalue weighted by atomic mass is 10.1. The molecule has 1 N–H and O–H groups in total.